The number of carboxylic acids is 1. The van der Waals surface area contributed by atoms with E-state index in [1.54, 1.807) is 13.8 Å². The van der Waals surface area contributed by atoms with Gasteiger partial charge < -0.3 is 15.2 Å². The van der Waals surface area contributed by atoms with Gasteiger partial charge in [0.1, 0.15) is 0 Å². The highest BCUT2D eigenvalue weighted by atomic mass is 32.2. The van der Waals surface area contributed by atoms with Gasteiger partial charge in [0.2, 0.25) is 0 Å². The summed E-state index contributed by atoms with van der Waals surface area (Å²) >= 11 is 0. The molecule has 0 saturated carbocycles. The molecule has 1 aliphatic heterocycles. The minimum Gasteiger partial charge on any atom is -0.481 e. The summed E-state index contributed by atoms with van der Waals surface area (Å²) in [6, 6.07) is 5.65. The maximum absolute atomic E-state index is 12.3. The van der Waals surface area contributed by atoms with Crippen LogP contribution >= 0.6 is 0 Å². The Morgan fingerprint density at radius 3 is 2.24 bits per heavy atom. The number of carboxylic acid groups (broad SMARTS) is 1. The van der Waals surface area contributed by atoms with Crippen LogP contribution in [0.25, 0.3) is 0 Å². The molecule has 0 radical (unpaired) electrons. The summed E-state index contributed by atoms with van der Waals surface area (Å²) in [4.78, 5) is 24.0. The normalized spacial score (nSPS) is 17.2. The summed E-state index contributed by atoms with van der Waals surface area (Å²) in [6.07, 6.45) is 0.683. The molecule has 1 aromatic rings. The summed E-state index contributed by atoms with van der Waals surface area (Å²) in [5.74, 6) is -1.38. The molecule has 0 unspecified atom stereocenters. The smallest absolute Gasteiger partial charge is 0.311 e. The van der Waals surface area contributed by atoms with Gasteiger partial charge in [-0.1, -0.05) is 0 Å². The fourth-order valence-corrected chi connectivity index (χ4v) is 3.71. The Balaban J connectivity index is 2.07. The third-order valence-corrected chi connectivity index (χ3v) is 6.73. The molecule has 0 bridgehead atoms. The minimum absolute atomic E-state index is 0.0105. The van der Waals surface area contributed by atoms with E-state index in [1.165, 1.54) is 24.3 Å². The molecule has 1 heterocycles. The van der Waals surface area contributed by atoms with Crippen molar-refractivity contribution < 1.29 is 27.9 Å². The molecule has 1 aliphatic rings. The van der Waals surface area contributed by atoms with E-state index in [9.17, 15) is 23.1 Å². The Morgan fingerprint density at radius 1 is 1.20 bits per heavy atom. The molecule has 1 saturated heterocycles. The van der Waals surface area contributed by atoms with Crippen LogP contribution in [0, 0.1) is 5.41 Å². The van der Waals surface area contributed by atoms with E-state index in [1.807, 2.05) is 0 Å². The second-order valence-corrected chi connectivity index (χ2v) is 9.00. The third kappa shape index (κ3) is 4.19. The highest BCUT2D eigenvalue weighted by Crippen LogP contribution is 2.30. The number of hydrogen-bond acceptors (Lipinski definition) is 5. The number of carbonyl (C=O) groups is 2. The maximum atomic E-state index is 12.3. The zero-order chi connectivity index (χ0) is 18.7. The number of ether oxygens (including phenoxy) is 1. The van der Waals surface area contributed by atoms with Crippen molar-refractivity contribution in [3.63, 3.8) is 0 Å². The first kappa shape index (κ1) is 19.4. The first-order valence-electron chi connectivity index (χ1n) is 8.12. The van der Waals surface area contributed by atoms with Crippen LogP contribution in [0.1, 0.15) is 37.0 Å². The lowest BCUT2D eigenvalue weighted by atomic mass is 9.80. The number of carbonyl (C=O) groups excluding carboxylic acids is 1. The van der Waals surface area contributed by atoms with Crippen LogP contribution in [-0.2, 0) is 19.4 Å². The molecule has 8 heteroatoms. The number of nitrogens with one attached hydrogen (secondary N) is 1. The fraction of sp³-hybridized carbons (Fsp3) is 0.529. The molecule has 7 nitrogen and oxygen atoms in total. The molecule has 2 rings (SSSR count). The minimum atomic E-state index is -3.39. The molecule has 25 heavy (non-hydrogen) atoms. The Morgan fingerprint density at radius 2 is 1.76 bits per heavy atom. The van der Waals surface area contributed by atoms with Gasteiger partial charge in [0.25, 0.3) is 5.91 Å². The van der Waals surface area contributed by atoms with Gasteiger partial charge in [0.15, 0.2) is 9.84 Å². The zero-order valence-corrected chi connectivity index (χ0v) is 15.1. The van der Waals surface area contributed by atoms with Gasteiger partial charge in [-0.3, -0.25) is 9.59 Å². The van der Waals surface area contributed by atoms with Crippen molar-refractivity contribution in [2.45, 2.75) is 36.8 Å². The van der Waals surface area contributed by atoms with Gasteiger partial charge in [0.05, 0.1) is 15.6 Å². The average molecular weight is 369 g/mol. The van der Waals surface area contributed by atoms with E-state index in [0.717, 1.165) is 0 Å². The number of amides is 1. The highest BCUT2D eigenvalue weighted by molar-refractivity contribution is 7.92. The topological polar surface area (TPSA) is 110 Å². The lowest BCUT2D eigenvalue weighted by Gasteiger charge is -2.33. The Kier molecular flexibility index (Phi) is 5.84. The number of rotatable bonds is 6. The summed E-state index contributed by atoms with van der Waals surface area (Å²) in [7, 11) is -3.39. The monoisotopic (exact) mass is 369 g/mol. The second-order valence-electron chi connectivity index (χ2n) is 6.50. The average Bonchev–Trinajstić information content (AvgIpc) is 2.60. The molecule has 1 aromatic carbocycles. The molecule has 138 valence electrons. The van der Waals surface area contributed by atoms with Crippen LogP contribution in [0.4, 0.5) is 0 Å². The molecular formula is C17H23NO6S. The second kappa shape index (κ2) is 7.53. The Labute approximate surface area is 147 Å². The van der Waals surface area contributed by atoms with Crippen molar-refractivity contribution in [1.82, 2.24) is 5.32 Å². The van der Waals surface area contributed by atoms with Crippen LogP contribution in [0.15, 0.2) is 29.2 Å². The van der Waals surface area contributed by atoms with Gasteiger partial charge in [0, 0.05) is 25.3 Å². The van der Waals surface area contributed by atoms with Crippen molar-refractivity contribution in [2.24, 2.45) is 5.41 Å². The molecule has 0 aromatic heterocycles. The van der Waals surface area contributed by atoms with Crippen LogP contribution in [0.5, 0.6) is 0 Å². The maximum Gasteiger partial charge on any atom is 0.311 e. The van der Waals surface area contributed by atoms with E-state index >= 15 is 0 Å². The van der Waals surface area contributed by atoms with Crippen molar-refractivity contribution in [3.05, 3.63) is 29.8 Å². The summed E-state index contributed by atoms with van der Waals surface area (Å²) < 4.78 is 29.4. The van der Waals surface area contributed by atoms with Gasteiger partial charge in [-0.25, -0.2) is 8.42 Å². The predicted molar refractivity (Wildman–Crippen MR) is 91.2 cm³/mol. The number of sulfone groups is 1. The highest BCUT2D eigenvalue weighted by Gasteiger charge is 2.40. The van der Waals surface area contributed by atoms with E-state index in [0.29, 0.717) is 26.1 Å². The van der Waals surface area contributed by atoms with E-state index in [4.69, 9.17) is 4.74 Å². The van der Waals surface area contributed by atoms with Crippen molar-refractivity contribution in [1.29, 1.82) is 0 Å². The zero-order valence-electron chi connectivity index (χ0n) is 14.3. The molecular weight excluding hydrogens is 346 g/mol. The standard InChI is InChI=1S/C17H23NO6S/c1-12(2)25(22,23)14-5-3-13(4-6-14)15(19)18-11-17(16(20)21)7-9-24-10-8-17/h3-6,12H,7-11H2,1-2H3,(H,18,19)(H,20,21). The molecule has 1 amide bonds. The van der Waals surface area contributed by atoms with Gasteiger partial charge in [-0.15, -0.1) is 0 Å². The van der Waals surface area contributed by atoms with Gasteiger partial charge in [-0.05, 0) is 51.0 Å². The van der Waals surface area contributed by atoms with Crippen LogP contribution in [-0.4, -0.2) is 50.4 Å². The first-order chi connectivity index (χ1) is 11.7. The van der Waals surface area contributed by atoms with Crippen LogP contribution in [0.2, 0.25) is 0 Å². The van der Waals surface area contributed by atoms with Gasteiger partial charge >= 0.3 is 5.97 Å². The molecule has 1 fully saturated rings. The molecule has 2 N–H and O–H groups in total. The molecule has 0 spiro atoms. The predicted octanol–water partition coefficient (Wildman–Crippen LogP) is 1.48. The largest absolute Gasteiger partial charge is 0.481 e. The fourth-order valence-electron chi connectivity index (χ4n) is 2.65. The Hall–Kier alpha value is -1.93. The SMILES string of the molecule is CC(C)S(=O)(=O)c1ccc(C(=O)NCC2(C(=O)O)CCOCC2)cc1. The van der Waals surface area contributed by atoms with E-state index in [-0.39, 0.29) is 17.0 Å². The molecule has 0 atom stereocenters. The third-order valence-electron chi connectivity index (χ3n) is 4.56. The van der Waals surface area contributed by atoms with Crippen LogP contribution < -0.4 is 5.32 Å². The van der Waals surface area contributed by atoms with Crippen LogP contribution in [0.3, 0.4) is 0 Å². The summed E-state index contributed by atoms with van der Waals surface area (Å²) in [5, 5.41) is 11.6. The lowest BCUT2D eigenvalue weighted by molar-refractivity contribution is -0.154. The summed E-state index contributed by atoms with van der Waals surface area (Å²) in [5.41, 5.74) is -0.732. The number of hydrogen-bond donors (Lipinski definition) is 2. The Bertz CT molecular complexity index is 733. The first-order valence-corrected chi connectivity index (χ1v) is 9.67. The quantitative estimate of drug-likeness (QED) is 0.786. The lowest BCUT2D eigenvalue weighted by Crippen LogP contribution is -2.46. The summed E-state index contributed by atoms with van der Waals surface area (Å²) in [6.45, 7) is 3.90. The van der Waals surface area contributed by atoms with Gasteiger partial charge in [-0.2, -0.15) is 0 Å². The number of aliphatic carboxylic acids is 1. The van der Waals surface area contributed by atoms with Crippen molar-refractivity contribution in [3.8, 4) is 0 Å². The molecule has 0 aliphatic carbocycles. The van der Waals surface area contributed by atoms with Crippen molar-refractivity contribution in [2.75, 3.05) is 19.8 Å². The van der Waals surface area contributed by atoms with E-state index in [2.05, 4.69) is 5.32 Å². The van der Waals surface area contributed by atoms with E-state index < -0.39 is 32.4 Å². The number of benzene rings is 1. The van der Waals surface area contributed by atoms with Crippen molar-refractivity contribution >= 4 is 21.7 Å².